The highest BCUT2D eigenvalue weighted by atomic mass is 16.5. The molecular formula is C26H30N6O2. The molecule has 2 aliphatic carbocycles. The van der Waals surface area contributed by atoms with E-state index in [1.165, 1.54) is 19.3 Å². The molecule has 0 aromatic carbocycles. The Morgan fingerprint density at radius 1 is 1.21 bits per heavy atom. The van der Waals surface area contributed by atoms with Crippen molar-refractivity contribution in [1.82, 2.24) is 29.9 Å². The Balaban J connectivity index is 1.25. The van der Waals surface area contributed by atoms with Gasteiger partial charge in [-0.2, -0.15) is 5.10 Å². The van der Waals surface area contributed by atoms with E-state index in [0.717, 1.165) is 71.5 Å². The smallest absolute Gasteiger partial charge is 0.255 e. The number of carbonyl (C=O) groups is 1. The van der Waals surface area contributed by atoms with E-state index in [1.807, 2.05) is 30.7 Å². The number of aromatic nitrogens is 5. The van der Waals surface area contributed by atoms with Crippen LogP contribution in [0.1, 0.15) is 61.1 Å². The number of ether oxygens (including phenoxy) is 1. The quantitative estimate of drug-likeness (QED) is 0.449. The van der Waals surface area contributed by atoms with E-state index in [2.05, 4.69) is 20.4 Å². The molecule has 0 spiro atoms. The van der Waals surface area contributed by atoms with Crippen molar-refractivity contribution >= 4 is 22.5 Å². The zero-order valence-electron chi connectivity index (χ0n) is 19.5. The molecule has 0 saturated heterocycles. The lowest BCUT2D eigenvalue weighted by molar-refractivity contribution is 0.0599. The van der Waals surface area contributed by atoms with Gasteiger partial charge in [0.2, 0.25) is 0 Å². The summed E-state index contributed by atoms with van der Waals surface area (Å²) in [7, 11) is 1.76. The predicted molar refractivity (Wildman–Crippen MR) is 130 cm³/mol. The number of fused-ring (bicyclic) bond motifs is 2. The van der Waals surface area contributed by atoms with E-state index in [9.17, 15) is 4.79 Å². The van der Waals surface area contributed by atoms with Gasteiger partial charge in [0.25, 0.3) is 5.91 Å². The van der Waals surface area contributed by atoms with Gasteiger partial charge >= 0.3 is 0 Å². The number of nitrogens with one attached hydrogen (secondary N) is 2. The number of methoxy groups -OCH3 is 1. The Bertz CT molecular complexity index is 1330. The minimum absolute atomic E-state index is 0.0732. The molecule has 0 bridgehead atoms. The molecule has 6 rings (SSSR count). The molecule has 2 aliphatic rings. The molecule has 8 heteroatoms. The van der Waals surface area contributed by atoms with Crippen molar-refractivity contribution in [3.8, 4) is 11.1 Å². The lowest BCUT2D eigenvalue weighted by Crippen LogP contribution is -2.38. The summed E-state index contributed by atoms with van der Waals surface area (Å²) in [5.41, 5.74) is 4.27. The van der Waals surface area contributed by atoms with Crippen LogP contribution in [0.25, 0.3) is 27.7 Å². The number of rotatable bonds is 6. The average Bonchev–Trinajstić information content (AvgIpc) is 3.45. The van der Waals surface area contributed by atoms with Gasteiger partial charge in [-0.1, -0.05) is 19.3 Å². The highest BCUT2D eigenvalue weighted by Crippen LogP contribution is 2.31. The molecule has 4 heterocycles. The normalized spacial score (nSPS) is 21.1. The fraction of sp³-hybridized carbons (Fsp3) is 0.462. The van der Waals surface area contributed by atoms with E-state index in [0.29, 0.717) is 11.7 Å². The van der Waals surface area contributed by atoms with Gasteiger partial charge in [0.05, 0.1) is 23.4 Å². The van der Waals surface area contributed by atoms with Crippen LogP contribution in [0.3, 0.4) is 0 Å². The molecule has 4 aromatic rings. The Hall–Kier alpha value is -3.26. The molecule has 34 heavy (non-hydrogen) atoms. The number of pyridine rings is 1. The van der Waals surface area contributed by atoms with E-state index in [-0.39, 0.29) is 11.9 Å². The SMILES string of the molecule is COC1CCC(NC(=O)c2cnn3ccc(-c4c[nH]c5nc(CC6CCC6)ncc45)cc23)CC1. The summed E-state index contributed by atoms with van der Waals surface area (Å²) in [6.45, 7) is 0. The maximum absolute atomic E-state index is 13.1. The third kappa shape index (κ3) is 3.96. The van der Waals surface area contributed by atoms with Crippen molar-refractivity contribution in [2.75, 3.05) is 7.11 Å². The standard InChI is InChI=1S/C26H30N6O2/c1-34-19-7-5-18(6-8-19)30-26(33)22-15-29-32-10-9-17(12-23(22)32)20-13-28-25-21(20)14-27-24(31-25)11-16-3-2-4-16/h9-10,12-16,18-19H,2-8,11H2,1H3,(H,30,33)(H,27,28,31). The van der Waals surface area contributed by atoms with Crippen LogP contribution in [0.15, 0.2) is 36.9 Å². The lowest BCUT2D eigenvalue weighted by atomic mass is 9.83. The molecule has 2 fully saturated rings. The minimum Gasteiger partial charge on any atom is -0.381 e. The van der Waals surface area contributed by atoms with Gasteiger partial charge in [0.1, 0.15) is 11.5 Å². The predicted octanol–water partition coefficient (Wildman–Crippen LogP) is 4.30. The van der Waals surface area contributed by atoms with Crippen molar-refractivity contribution in [3.05, 3.63) is 48.3 Å². The Morgan fingerprint density at radius 3 is 2.82 bits per heavy atom. The number of hydrogen-bond donors (Lipinski definition) is 2. The van der Waals surface area contributed by atoms with Gasteiger partial charge in [-0.25, -0.2) is 14.5 Å². The molecule has 2 N–H and O–H groups in total. The Kier molecular flexibility index (Phi) is 5.53. The Labute approximate surface area is 198 Å². The van der Waals surface area contributed by atoms with Gasteiger partial charge in [0, 0.05) is 49.1 Å². The van der Waals surface area contributed by atoms with Gasteiger partial charge in [0.15, 0.2) is 0 Å². The Morgan fingerprint density at radius 2 is 2.06 bits per heavy atom. The van der Waals surface area contributed by atoms with Gasteiger partial charge in [-0.15, -0.1) is 0 Å². The summed E-state index contributed by atoms with van der Waals surface area (Å²) in [6.07, 6.45) is 16.4. The van der Waals surface area contributed by atoms with Crippen LogP contribution in [0.4, 0.5) is 0 Å². The van der Waals surface area contributed by atoms with Gasteiger partial charge in [-0.05, 0) is 49.3 Å². The lowest BCUT2D eigenvalue weighted by Gasteiger charge is -2.28. The zero-order chi connectivity index (χ0) is 23.1. The second-order valence-corrected chi connectivity index (χ2v) is 9.74. The first-order valence-electron chi connectivity index (χ1n) is 12.3. The molecule has 176 valence electrons. The molecule has 4 aromatic heterocycles. The number of nitrogens with zero attached hydrogens (tertiary/aromatic N) is 4. The van der Waals surface area contributed by atoms with E-state index in [1.54, 1.807) is 17.8 Å². The van der Waals surface area contributed by atoms with E-state index < -0.39 is 0 Å². The monoisotopic (exact) mass is 458 g/mol. The van der Waals surface area contributed by atoms with E-state index >= 15 is 0 Å². The average molecular weight is 459 g/mol. The first kappa shape index (κ1) is 21.3. The molecule has 8 nitrogen and oxygen atoms in total. The van der Waals surface area contributed by atoms with Crippen LogP contribution in [-0.2, 0) is 11.2 Å². The van der Waals surface area contributed by atoms with Crippen LogP contribution in [-0.4, -0.2) is 49.7 Å². The highest BCUT2D eigenvalue weighted by Gasteiger charge is 2.24. The molecule has 0 aliphatic heterocycles. The summed E-state index contributed by atoms with van der Waals surface area (Å²) in [4.78, 5) is 25.8. The van der Waals surface area contributed by atoms with Crippen molar-refractivity contribution < 1.29 is 9.53 Å². The van der Waals surface area contributed by atoms with Crippen LogP contribution in [0.2, 0.25) is 0 Å². The number of amides is 1. The summed E-state index contributed by atoms with van der Waals surface area (Å²) in [5, 5.41) is 8.59. The van der Waals surface area contributed by atoms with Gasteiger partial charge in [-0.3, -0.25) is 4.79 Å². The summed E-state index contributed by atoms with van der Waals surface area (Å²) >= 11 is 0. The van der Waals surface area contributed by atoms with Gasteiger partial charge < -0.3 is 15.0 Å². The summed E-state index contributed by atoms with van der Waals surface area (Å²) < 4.78 is 7.20. The van der Waals surface area contributed by atoms with E-state index in [4.69, 9.17) is 9.72 Å². The number of H-pyrrole nitrogens is 1. The third-order valence-corrected chi connectivity index (χ3v) is 7.60. The fourth-order valence-electron chi connectivity index (χ4n) is 5.27. The molecule has 2 saturated carbocycles. The largest absolute Gasteiger partial charge is 0.381 e. The molecular weight excluding hydrogens is 428 g/mol. The van der Waals surface area contributed by atoms with Crippen molar-refractivity contribution in [3.63, 3.8) is 0 Å². The second-order valence-electron chi connectivity index (χ2n) is 9.74. The van der Waals surface area contributed by atoms with Crippen LogP contribution >= 0.6 is 0 Å². The van der Waals surface area contributed by atoms with Crippen LogP contribution < -0.4 is 5.32 Å². The van der Waals surface area contributed by atoms with Crippen molar-refractivity contribution in [1.29, 1.82) is 0 Å². The maximum Gasteiger partial charge on any atom is 0.255 e. The second kappa shape index (κ2) is 8.83. The minimum atomic E-state index is -0.0732. The molecule has 0 atom stereocenters. The zero-order valence-corrected chi connectivity index (χ0v) is 19.5. The van der Waals surface area contributed by atoms with Crippen LogP contribution in [0.5, 0.6) is 0 Å². The van der Waals surface area contributed by atoms with Crippen molar-refractivity contribution in [2.24, 2.45) is 5.92 Å². The number of aromatic amines is 1. The molecule has 0 unspecified atom stereocenters. The highest BCUT2D eigenvalue weighted by molar-refractivity contribution is 6.02. The summed E-state index contributed by atoms with van der Waals surface area (Å²) in [6, 6.07) is 4.21. The van der Waals surface area contributed by atoms with Crippen molar-refractivity contribution in [2.45, 2.75) is 63.5 Å². The number of hydrogen-bond acceptors (Lipinski definition) is 5. The first-order valence-corrected chi connectivity index (χ1v) is 12.3. The summed E-state index contributed by atoms with van der Waals surface area (Å²) in [5.74, 6) is 1.57. The first-order chi connectivity index (χ1) is 16.7. The maximum atomic E-state index is 13.1. The fourth-order valence-corrected chi connectivity index (χ4v) is 5.27. The number of carbonyl (C=O) groups excluding carboxylic acids is 1. The third-order valence-electron chi connectivity index (χ3n) is 7.60. The molecule has 0 radical (unpaired) electrons. The molecule has 1 amide bonds. The topological polar surface area (TPSA) is 97.2 Å². The van der Waals surface area contributed by atoms with Crippen LogP contribution in [0, 0.1) is 5.92 Å².